The van der Waals surface area contributed by atoms with E-state index in [1.54, 1.807) is 0 Å². The van der Waals surface area contributed by atoms with Gasteiger partial charge in [0, 0.05) is 6.26 Å². The van der Waals surface area contributed by atoms with Gasteiger partial charge in [-0.25, -0.2) is 8.42 Å². The summed E-state index contributed by atoms with van der Waals surface area (Å²) in [6.07, 6.45) is 12.2. The molecular formula is C15H33NO3S. The fourth-order valence-electron chi connectivity index (χ4n) is 2.72. The zero-order valence-corrected chi connectivity index (χ0v) is 14.3. The van der Waals surface area contributed by atoms with Crippen molar-refractivity contribution in [1.29, 1.82) is 0 Å². The number of quaternary nitrogens is 1. The summed E-state index contributed by atoms with van der Waals surface area (Å²) in [5.74, 6) is 1.05. The van der Waals surface area contributed by atoms with E-state index in [4.69, 9.17) is 13.0 Å². The molecule has 0 atom stereocenters. The highest BCUT2D eigenvalue weighted by Gasteiger charge is 2.19. The van der Waals surface area contributed by atoms with Gasteiger partial charge in [-0.2, -0.15) is 0 Å². The quantitative estimate of drug-likeness (QED) is 0.576. The number of hydrogen-bond donors (Lipinski definition) is 1. The second-order valence-electron chi connectivity index (χ2n) is 5.97. The Labute approximate surface area is 125 Å². The predicted molar refractivity (Wildman–Crippen MR) is 83.0 cm³/mol. The van der Waals surface area contributed by atoms with Gasteiger partial charge in [-0.05, 0) is 31.6 Å². The van der Waals surface area contributed by atoms with Crippen LogP contribution in [0.2, 0.25) is 0 Å². The molecule has 0 bridgehead atoms. The Hall–Kier alpha value is -0.130. The number of unbranched alkanes of at least 4 members (excludes halogenated alkanes) is 4. The molecule has 1 heterocycles. The summed E-state index contributed by atoms with van der Waals surface area (Å²) >= 11 is 0. The summed E-state index contributed by atoms with van der Waals surface area (Å²) in [6.45, 7) is 8.99. The molecule has 0 saturated carbocycles. The van der Waals surface area contributed by atoms with E-state index in [-0.39, 0.29) is 0 Å². The molecule has 4 nitrogen and oxygen atoms in total. The van der Waals surface area contributed by atoms with Crippen molar-refractivity contribution in [3.05, 3.63) is 0 Å². The van der Waals surface area contributed by atoms with E-state index in [0.29, 0.717) is 6.26 Å². The lowest BCUT2D eigenvalue weighted by atomic mass is 9.94. The molecule has 0 spiro atoms. The van der Waals surface area contributed by atoms with Crippen molar-refractivity contribution < 1.29 is 17.9 Å². The molecule has 1 N–H and O–H groups in total. The maximum atomic E-state index is 9.08. The van der Waals surface area contributed by atoms with Crippen LogP contribution in [0, 0.1) is 5.92 Å². The summed E-state index contributed by atoms with van der Waals surface area (Å²) in [7, 11) is -3.92. The molecule has 1 aliphatic rings. The lowest BCUT2D eigenvalue weighted by Crippen LogP contribution is -3.13. The van der Waals surface area contributed by atoms with E-state index in [0.717, 1.165) is 5.92 Å². The molecule has 20 heavy (non-hydrogen) atoms. The second-order valence-corrected chi connectivity index (χ2v) is 7.38. The van der Waals surface area contributed by atoms with Crippen LogP contribution in [0.5, 0.6) is 0 Å². The van der Waals surface area contributed by atoms with Crippen LogP contribution >= 0.6 is 0 Å². The summed E-state index contributed by atoms with van der Waals surface area (Å²) in [4.78, 5) is 1.89. The van der Waals surface area contributed by atoms with Gasteiger partial charge < -0.3 is 9.45 Å². The standard InChI is InChI=1S/C14H29N.CH4O3S/c1-3-5-6-7-8-11-15-12-9-14(4-2)10-13-15;1-5(2,3)4/h14H,3-13H2,1-2H3;1H3,(H,2,3,4). The average molecular weight is 308 g/mol. The molecule has 1 aliphatic heterocycles. The van der Waals surface area contributed by atoms with Crippen molar-refractivity contribution in [1.82, 2.24) is 0 Å². The number of piperidine rings is 1. The molecule has 0 aromatic heterocycles. The van der Waals surface area contributed by atoms with Gasteiger partial charge in [0.05, 0.1) is 29.8 Å². The van der Waals surface area contributed by atoms with Crippen molar-refractivity contribution in [2.45, 2.75) is 65.2 Å². The van der Waals surface area contributed by atoms with Crippen LogP contribution in [0.3, 0.4) is 0 Å². The number of hydrogen-bond acceptors (Lipinski definition) is 3. The van der Waals surface area contributed by atoms with Crippen LogP contribution < -0.4 is 4.90 Å². The van der Waals surface area contributed by atoms with E-state index in [1.165, 1.54) is 71.0 Å². The molecule has 1 fully saturated rings. The number of nitrogens with one attached hydrogen (secondary N) is 1. The first-order chi connectivity index (χ1) is 9.36. The first-order valence-electron chi connectivity index (χ1n) is 8.11. The van der Waals surface area contributed by atoms with Crippen LogP contribution in [0.15, 0.2) is 0 Å². The minimum Gasteiger partial charge on any atom is -0.748 e. The van der Waals surface area contributed by atoms with Crippen molar-refractivity contribution in [2.24, 2.45) is 5.92 Å². The van der Waals surface area contributed by atoms with Crippen molar-refractivity contribution >= 4 is 10.1 Å². The fourth-order valence-corrected chi connectivity index (χ4v) is 2.72. The monoisotopic (exact) mass is 307 g/mol. The highest BCUT2D eigenvalue weighted by molar-refractivity contribution is 7.84. The molecule has 0 aromatic rings. The highest BCUT2D eigenvalue weighted by atomic mass is 32.2. The Bertz CT molecular complexity index is 301. The van der Waals surface area contributed by atoms with E-state index < -0.39 is 10.1 Å². The Balaban J connectivity index is 0.000000621. The first-order valence-corrected chi connectivity index (χ1v) is 9.92. The number of likely N-dealkylation sites (tertiary alicyclic amines) is 1. The second kappa shape index (κ2) is 11.5. The summed E-state index contributed by atoms with van der Waals surface area (Å²) in [5, 5.41) is 0. The predicted octanol–water partition coefficient (Wildman–Crippen LogP) is 1.82. The highest BCUT2D eigenvalue weighted by Crippen LogP contribution is 2.12. The summed E-state index contributed by atoms with van der Waals surface area (Å²) in [5.41, 5.74) is 0. The van der Waals surface area contributed by atoms with Gasteiger partial charge in [-0.3, -0.25) is 0 Å². The SMILES string of the molecule is CCCCCCC[NH+]1CCC(CC)CC1.CS(=O)(=O)[O-]. The van der Waals surface area contributed by atoms with Crippen LogP contribution in [0.25, 0.3) is 0 Å². The Morgan fingerprint density at radius 3 is 2.00 bits per heavy atom. The molecule has 5 heteroatoms. The van der Waals surface area contributed by atoms with Gasteiger partial charge in [-0.15, -0.1) is 0 Å². The lowest BCUT2D eigenvalue weighted by Gasteiger charge is -2.28. The third-order valence-corrected chi connectivity index (χ3v) is 4.02. The van der Waals surface area contributed by atoms with Gasteiger partial charge in [-0.1, -0.05) is 39.5 Å². The molecule has 0 aliphatic carbocycles. The van der Waals surface area contributed by atoms with Gasteiger partial charge in [0.15, 0.2) is 0 Å². The largest absolute Gasteiger partial charge is 0.748 e. The molecule has 1 saturated heterocycles. The zero-order chi connectivity index (χ0) is 15.4. The van der Waals surface area contributed by atoms with Crippen LogP contribution in [0.1, 0.15) is 65.2 Å². The molecule has 122 valence electrons. The van der Waals surface area contributed by atoms with Gasteiger partial charge in [0.1, 0.15) is 0 Å². The van der Waals surface area contributed by atoms with E-state index in [9.17, 15) is 0 Å². The van der Waals surface area contributed by atoms with Gasteiger partial charge in [0.2, 0.25) is 0 Å². The van der Waals surface area contributed by atoms with Crippen molar-refractivity contribution in [2.75, 3.05) is 25.9 Å². The Morgan fingerprint density at radius 1 is 1.05 bits per heavy atom. The van der Waals surface area contributed by atoms with E-state index in [1.807, 2.05) is 4.90 Å². The molecule has 0 amide bonds. The fraction of sp³-hybridized carbons (Fsp3) is 1.00. The van der Waals surface area contributed by atoms with Gasteiger partial charge >= 0.3 is 0 Å². The van der Waals surface area contributed by atoms with Crippen molar-refractivity contribution in [3.8, 4) is 0 Å². The van der Waals surface area contributed by atoms with Crippen molar-refractivity contribution in [3.63, 3.8) is 0 Å². The minimum absolute atomic E-state index is 0.604. The summed E-state index contributed by atoms with van der Waals surface area (Å²) < 4.78 is 27.2. The van der Waals surface area contributed by atoms with Crippen LogP contribution in [-0.4, -0.2) is 38.9 Å². The maximum Gasteiger partial charge on any atom is 0.0916 e. The topological polar surface area (TPSA) is 61.6 Å². The summed E-state index contributed by atoms with van der Waals surface area (Å²) in [6, 6.07) is 0. The molecule has 0 unspecified atom stereocenters. The maximum absolute atomic E-state index is 9.08. The number of rotatable bonds is 7. The zero-order valence-electron chi connectivity index (χ0n) is 13.5. The van der Waals surface area contributed by atoms with Gasteiger partial charge in [0.25, 0.3) is 0 Å². The van der Waals surface area contributed by atoms with Crippen LogP contribution in [-0.2, 0) is 10.1 Å². The molecule has 0 aromatic carbocycles. The third-order valence-electron chi connectivity index (χ3n) is 4.02. The minimum atomic E-state index is -3.92. The smallest absolute Gasteiger partial charge is 0.0916 e. The first kappa shape index (κ1) is 19.9. The molecule has 1 rings (SSSR count). The molecule has 0 radical (unpaired) electrons. The molecular weight excluding hydrogens is 274 g/mol. The van der Waals surface area contributed by atoms with E-state index in [2.05, 4.69) is 13.8 Å². The Kier molecular flexibility index (Phi) is 11.4. The van der Waals surface area contributed by atoms with E-state index >= 15 is 0 Å². The Morgan fingerprint density at radius 2 is 1.55 bits per heavy atom. The third kappa shape index (κ3) is 14.3. The lowest BCUT2D eigenvalue weighted by molar-refractivity contribution is -0.906. The average Bonchev–Trinajstić information content (AvgIpc) is 2.37. The van der Waals surface area contributed by atoms with Crippen LogP contribution in [0.4, 0.5) is 0 Å². The normalized spacial score (nSPS) is 23.0.